The van der Waals surface area contributed by atoms with Gasteiger partial charge in [0.2, 0.25) is 0 Å². The van der Waals surface area contributed by atoms with Crippen molar-refractivity contribution in [3.63, 3.8) is 0 Å². The van der Waals surface area contributed by atoms with Crippen molar-refractivity contribution in [3.8, 4) is 0 Å². The molecule has 0 aliphatic heterocycles. The Morgan fingerprint density at radius 3 is 2.72 bits per heavy atom. The highest BCUT2D eigenvalue weighted by atomic mass is 19.1. The van der Waals surface area contributed by atoms with E-state index in [4.69, 9.17) is 5.73 Å². The molecule has 0 aliphatic carbocycles. The summed E-state index contributed by atoms with van der Waals surface area (Å²) < 4.78 is 14.5. The molecule has 2 N–H and O–H groups in total. The third kappa shape index (κ3) is 3.13. The predicted molar refractivity (Wildman–Crippen MR) is 67.4 cm³/mol. The van der Waals surface area contributed by atoms with Crippen molar-refractivity contribution < 1.29 is 4.39 Å². The molecule has 0 fully saturated rings. The Kier molecular flexibility index (Phi) is 4.04. The van der Waals surface area contributed by atoms with E-state index in [9.17, 15) is 4.39 Å². The van der Waals surface area contributed by atoms with Crippen molar-refractivity contribution in [2.24, 2.45) is 5.73 Å². The van der Waals surface area contributed by atoms with E-state index in [2.05, 4.69) is 17.2 Å². The van der Waals surface area contributed by atoms with Crippen molar-refractivity contribution in [3.05, 3.63) is 47.5 Å². The van der Waals surface area contributed by atoms with Crippen LogP contribution in [0.3, 0.4) is 0 Å². The first kappa shape index (κ1) is 12.7. The van der Waals surface area contributed by atoms with Gasteiger partial charge in [0.25, 0.3) is 0 Å². The average molecular weight is 248 g/mol. The van der Waals surface area contributed by atoms with Gasteiger partial charge in [-0.25, -0.2) is 9.07 Å². The molecule has 0 spiro atoms. The zero-order valence-electron chi connectivity index (χ0n) is 10.4. The van der Waals surface area contributed by atoms with Gasteiger partial charge in [0, 0.05) is 0 Å². The van der Waals surface area contributed by atoms with E-state index in [0.717, 1.165) is 24.1 Å². The lowest BCUT2D eigenvalue weighted by Gasteiger charge is -2.04. The minimum Gasteiger partial charge on any atom is -0.323 e. The molecule has 2 aromatic rings. The lowest BCUT2D eigenvalue weighted by Crippen LogP contribution is -2.10. The molecule has 0 bridgehead atoms. The Labute approximate surface area is 106 Å². The molecular weight excluding hydrogens is 231 g/mol. The maximum atomic E-state index is 12.8. The molecule has 1 atom stereocenters. The Morgan fingerprint density at radius 2 is 2.06 bits per heavy atom. The quantitative estimate of drug-likeness (QED) is 0.883. The first-order valence-corrected chi connectivity index (χ1v) is 6.09. The lowest BCUT2D eigenvalue weighted by molar-refractivity contribution is 0.615. The van der Waals surface area contributed by atoms with Crippen molar-refractivity contribution in [2.45, 2.75) is 32.4 Å². The highest BCUT2D eigenvalue weighted by Gasteiger charge is 2.09. The molecule has 1 aromatic heterocycles. The van der Waals surface area contributed by atoms with Gasteiger partial charge in [-0.05, 0) is 24.1 Å². The SMILES string of the molecule is CCCC(N)c1cn(Cc2ccc(F)cc2)nn1. The second-order valence-corrected chi connectivity index (χ2v) is 4.36. The molecule has 1 unspecified atom stereocenters. The summed E-state index contributed by atoms with van der Waals surface area (Å²) in [7, 11) is 0. The highest BCUT2D eigenvalue weighted by Crippen LogP contribution is 2.12. The van der Waals surface area contributed by atoms with E-state index in [1.165, 1.54) is 12.1 Å². The van der Waals surface area contributed by atoms with Crippen molar-refractivity contribution in [1.29, 1.82) is 0 Å². The van der Waals surface area contributed by atoms with Gasteiger partial charge in [-0.15, -0.1) is 5.10 Å². The fourth-order valence-electron chi connectivity index (χ4n) is 1.80. The number of halogens is 1. The van der Waals surface area contributed by atoms with E-state index in [0.29, 0.717) is 6.54 Å². The fourth-order valence-corrected chi connectivity index (χ4v) is 1.80. The normalized spacial score (nSPS) is 12.6. The number of benzene rings is 1. The third-order valence-electron chi connectivity index (χ3n) is 2.79. The van der Waals surface area contributed by atoms with Crippen LogP contribution in [0.25, 0.3) is 0 Å². The maximum absolute atomic E-state index is 12.8. The van der Waals surface area contributed by atoms with E-state index in [1.807, 2.05) is 6.20 Å². The van der Waals surface area contributed by atoms with E-state index >= 15 is 0 Å². The molecule has 2 rings (SSSR count). The molecule has 1 heterocycles. The second-order valence-electron chi connectivity index (χ2n) is 4.36. The number of hydrogen-bond donors (Lipinski definition) is 1. The summed E-state index contributed by atoms with van der Waals surface area (Å²) in [6.07, 6.45) is 3.77. The van der Waals surface area contributed by atoms with Crippen molar-refractivity contribution in [1.82, 2.24) is 15.0 Å². The number of nitrogens with two attached hydrogens (primary N) is 1. The van der Waals surface area contributed by atoms with Crippen LogP contribution >= 0.6 is 0 Å². The van der Waals surface area contributed by atoms with Gasteiger partial charge in [0.1, 0.15) is 5.82 Å². The van der Waals surface area contributed by atoms with Gasteiger partial charge in [-0.2, -0.15) is 0 Å². The molecule has 18 heavy (non-hydrogen) atoms. The Morgan fingerprint density at radius 1 is 1.33 bits per heavy atom. The number of rotatable bonds is 5. The molecule has 96 valence electrons. The molecule has 0 saturated heterocycles. The fraction of sp³-hybridized carbons (Fsp3) is 0.385. The molecule has 1 aromatic carbocycles. The first-order valence-electron chi connectivity index (χ1n) is 6.09. The van der Waals surface area contributed by atoms with Crippen LogP contribution in [-0.4, -0.2) is 15.0 Å². The topological polar surface area (TPSA) is 56.7 Å². The number of aromatic nitrogens is 3. The van der Waals surface area contributed by atoms with Crippen LogP contribution in [0.4, 0.5) is 4.39 Å². The van der Waals surface area contributed by atoms with E-state index in [1.54, 1.807) is 16.8 Å². The summed E-state index contributed by atoms with van der Waals surface area (Å²) >= 11 is 0. The lowest BCUT2D eigenvalue weighted by atomic mass is 10.1. The molecule has 0 aliphatic rings. The summed E-state index contributed by atoms with van der Waals surface area (Å²) in [5.74, 6) is -0.233. The minimum absolute atomic E-state index is 0.0584. The van der Waals surface area contributed by atoms with E-state index < -0.39 is 0 Å². The van der Waals surface area contributed by atoms with Gasteiger partial charge in [-0.3, -0.25) is 0 Å². The van der Waals surface area contributed by atoms with Crippen LogP contribution in [-0.2, 0) is 6.54 Å². The van der Waals surface area contributed by atoms with Crippen molar-refractivity contribution >= 4 is 0 Å². The Balaban J connectivity index is 2.04. The van der Waals surface area contributed by atoms with Gasteiger partial charge < -0.3 is 5.73 Å². The summed E-state index contributed by atoms with van der Waals surface area (Å²) in [6.45, 7) is 2.66. The second kappa shape index (κ2) is 5.73. The molecule has 4 nitrogen and oxygen atoms in total. The monoisotopic (exact) mass is 248 g/mol. The summed E-state index contributed by atoms with van der Waals surface area (Å²) in [5.41, 5.74) is 7.75. The first-order chi connectivity index (χ1) is 8.69. The van der Waals surface area contributed by atoms with Crippen LogP contribution in [0, 0.1) is 5.82 Å². The highest BCUT2D eigenvalue weighted by molar-refractivity contribution is 5.16. The van der Waals surface area contributed by atoms with Gasteiger partial charge in [0.05, 0.1) is 24.5 Å². The van der Waals surface area contributed by atoms with Gasteiger partial charge in [-0.1, -0.05) is 30.7 Å². The van der Waals surface area contributed by atoms with Crippen molar-refractivity contribution in [2.75, 3.05) is 0 Å². The van der Waals surface area contributed by atoms with Crippen LogP contribution in [0.2, 0.25) is 0 Å². The smallest absolute Gasteiger partial charge is 0.123 e. The van der Waals surface area contributed by atoms with Crippen LogP contribution in [0.5, 0.6) is 0 Å². The molecule has 0 amide bonds. The molecule has 0 radical (unpaired) electrons. The average Bonchev–Trinajstić information content (AvgIpc) is 2.81. The maximum Gasteiger partial charge on any atom is 0.123 e. The van der Waals surface area contributed by atoms with Crippen LogP contribution in [0.1, 0.15) is 37.1 Å². The van der Waals surface area contributed by atoms with Crippen LogP contribution < -0.4 is 5.73 Å². The number of nitrogens with zero attached hydrogens (tertiary/aromatic N) is 3. The largest absolute Gasteiger partial charge is 0.323 e. The summed E-state index contributed by atoms with van der Waals surface area (Å²) in [4.78, 5) is 0. The zero-order chi connectivity index (χ0) is 13.0. The summed E-state index contributed by atoms with van der Waals surface area (Å²) in [5, 5.41) is 8.09. The zero-order valence-corrected chi connectivity index (χ0v) is 10.4. The van der Waals surface area contributed by atoms with Gasteiger partial charge >= 0.3 is 0 Å². The Bertz CT molecular complexity index is 492. The molecular formula is C13H17FN4. The number of hydrogen-bond acceptors (Lipinski definition) is 3. The summed E-state index contributed by atoms with van der Waals surface area (Å²) in [6, 6.07) is 6.30. The van der Waals surface area contributed by atoms with Gasteiger partial charge in [0.15, 0.2) is 0 Å². The van der Waals surface area contributed by atoms with Crippen LogP contribution in [0.15, 0.2) is 30.5 Å². The molecule has 5 heteroatoms. The minimum atomic E-state index is -0.233. The Hall–Kier alpha value is -1.75. The third-order valence-corrected chi connectivity index (χ3v) is 2.79. The van der Waals surface area contributed by atoms with E-state index in [-0.39, 0.29) is 11.9 Å². The molecule has 0 saturated carbocycles. The predicted octanol–water partition coefficient (Wildman–Crippen LogP) is 2.27. The standard InChI is InChI=1S/C13H17FN4/c1-2-3-12(15)13-9-18(17-16-13)8-10-4-6-11(14)7-5-10/h4-7,9,12H,2-3,8,15H2,1H3.